The van der Waals surface area contributed by atoms with Gasteiger partial charge < -0.3 is 40.1 Å². The first kappa shape index (κ1) is 44.3. The van der Waals surface area contributed by atoms with Crippen molar-refractivity contribution >= 4 is 65.3 Å². The molecule has 0 radical (unpaired) electrons. The maximum absolute atomic E-state index is 13.9. The van der Waals surface area contributed by atoms with Gasteiger partial charge in [0.15, 0.2) is 5.75 Å². The Labute approximate surface area is 331 Å². The van der Waals surface area contributed by atoms with E-state index in [0.717, 1.165) is 15.5 Å². The zero-order valence-corrected chi connectivity index (χ0v) is 32.3. The van der Waals surface area contributed by atoms with Gasteiger partial charge in [0.25, 0.3) is 0 Å². The molecule has 0 atom stereocenters. The molecule has 1 fully saturated rings. The lowest BCUT2D eigenvalue weighted by Gasteiger charge is -2.33. The summed E-state index contributed by atoms with van der Waals surface area (Å²) < 4.78 is 6.16. The largest absolute Gasteiger partial charge is 0.480 e. The standard InChI is InChI=1S/C39H48N5O12P/c45-33(46)24-41-18-16-40(17-19-42(25-34(47)48)21-23-43(22-20-41)26-35(49)50)15-14-38(55)56-39-31(44(27-36(51)52)28-37(53)54)12-7-13-32(39)57(29-8-3-1-4-9-29)30-10-5-2-6-11-30/h1-13H,14-28H2,(H,45,46)(H,47,48)(H,49,50)(H,51,52)(H,53,54). The van der Waals surface area contributed by atoms with E-state index in [1.807, 2.05) is 65.6 Å². The molecule has 4 rings (SSSR count). The minimum Gasteiger partial charge on any atom is -0.480 e. The summed E-state index contributed by atoms with van der Waals surface area (Å²) >= 11 is 0. The van der Waals surface area contributed by atoms with E-state index >= 15 is 0 Å². The molecule has 1 saturated heterocycles. The van der Waals surface area contributed by atoms with Crippen LogP contribution < -0.4 is 25.6 Å². The van der Waals surface area contributed by atoms with E-state index in [2.05, 4.69) is 0 Å². The summed E-state index contributed by atoms with van der Waals surface area (Å²) in [5.74, 6) is -6.41. The zero-order valence-electron chi connectivity index (χ0n) is 31.4. The van der Waals surface area contributed by atoms with E-state index in [0.29, 0.717) is 18.4 Å². The second kappa shape index (κ2) is 22.3. The fourth-order valence-corrected chi connectivity index (χ4v) is 8.83. The van der Waals surface area contributed by atoms with Crippen LogP contribution in [0.15, 0.2) is 78.9 Å². The predicted molar refractivity (Wildman–Crippen MR) is 212 cm³/mol. The van der Waals surface area contributed by atoms with Crippen molar-refractivity contribution in [3.63, 3.8) is 0 Å². The number of ether oxygens (including phenoxy) is 1. The lowest BCUT2D eigenvalue weighted by atomic mass is 10.2. The molecule has 57 heavy (non-hydrogen) atoms. The van der Waals surface area contributed by atoms with Crippen molar-refractivity contribution in [1.82, 2.24) is 19.6 Å². The van der Waals surface area contributed by atoms with Crippen LogP contribution in [0.3, 0.4) is 0 Å². The number of rotatable bonds is 18. The fourth-order valence-electron chi connectivity index (χ4n) is 6.44. The van der Waals surface area contributed by atoms with Crippen LogP contribution >= 0.6 is 7.92 Å². The number of aliphatic carboxylic acids is 5. The predicted octanol–water partition coefficient (Wildman–Crippen LogP) is 0.191. The van der Waals surface area contributed by atoms with E-state index in [4.69, 9.17) is 4.74 Å². The number of hydrogen-bond donors (Lipinski definition) is 5. The second-order valence-electron chi connectivity index (χ2n) is 13.4. The van der Waals surface area contributed by atoms with E-state index in [-0.39, 0.29) is 83.3 Å². The number of benzene rings is 3. The first-order chi connectivity index (χ1) is 27.3. The zero-order chi connectivity index (χ0) is 41.3. The first-order valence-electron chi connectivity index (χ1n) is 18.3. The SMILES string of the molecule is O=C(O)CN1CCN(CCC(=O)Oc2c(N(CC(=O)O)CC(=O)O)cccc2P(c2ccccc2)c2ccccc2)CCN(CC(=O)O)CCN(CC(=O)O)CC1. The third kappa shape index (κ3) is 14.9. The van der Waals surface area contributed by atoms with Crippen LogP contribution in [-0.2, 0) is 28.8 Å². The fraction of sp³-hybridized carbons (Fsp3) is 0.385. The molecule has 3 aromatic rings. The van der Waals surface area contributed by atoms with Gasteiger partial charge in [0.2, 0.25) is 0 Å². The highest BCUT2D eigenvalue weighted by molar-refractivity contribution is 7.80. The molecule has 0 aromatic heterocycles. The van der Waals surface area contributed by atoms with Crippen LogP contribution in [0.1, 0.15) is 6.42 Å². The quantitative estimate of drug-likeness (QED) is 0.0656. The maximum atomic E-state index is 13.9. The minimum absolute atomic E-state index is 0.0312. The normalized spacial score (nSPS) is 15.2. The molecule has 3 aromatic carbocycles. The van der Waals surface area contributed by atoms with E-state index < -0.39 is 56.8 Å². The number of esters is 1. The summed E-state index contributed by atoms with van der Waals surface area (Å²) in [5.41, 5.74) is 0.113. The first-order valence-corrected chi connectivity index (χ1v) is 19.6. The van der Waals surface area contributed by atoms with Gasteiger partial charge in [-0.05, 0) is 30.7 Å². The van der Waals surface area contributed by atoms with Crippen LogP contribution in [0.2, 0.25) is 0 Å². The molecule has 1 aliphatic heterocycles. The van der Waals surface area contributed by atoms with Crippen molar-refractivity contribution in [2.45, 2.75) is 6.42 Å². The maximum Gasteiger partial charge on any atom is 0.323 e. The molecular formula is C39H48N5O12P. The van der Waals surface area contributed by atoms with E-state index in [1.54, 1.807) is 26.8 Å². The van der Waals surface area contributed by atoms with Gasteiger partial charge in [-0.2, -0.15) is 0 Å². The molecule has 0 unspecified atom stereocenters. The van der Waals surface area contributed by atoms with Crippen molar-refractivity contribution in [2.75, 3.05) is 96.5 Å². The number of para-hydroxylation sites is 1. The molecular weight excluding hydrogens is 761 g/mol. The van der Waals surface area contributed by atoms with Crippen LogP contribution in [0, 0.1) is 0 Å². The Bertz CT molecular complexity index is 1750. The molecule has 0 bridgehead atoms. The highest BCUT2D eigenvalue weighted by atomic mass is 31.1. The van der Waals surface area contributed by atoms with Gasteiger partial charge in [0.1, 0.15) is 13.1 Å². The average Bonchev–Trinajstić information content (AvgIpc) is 3.15. The molecule has 17 nitrogen and oxygen atoms in total. The van der Waals surface area contributed by atoms with Crippen LogP contribution in [0.5, 0.6) is 5.75 Å². The average molecular weight is 810 g/mol. The molecule has 18 heteroatoms. The van der Waals surface area contributed by atoms with Crippen molar-refractivity contribution in [2.24, 2.45) is 0 Å². The molecule has 0 spiro atoms. The molecule has 0 saturated carbocycles. The lowest BCUT2D eigenvalue weighted by molar-refractivity contribution is -0.140. The van der Waals surface area contributed by atoms with Crippen molar-refractivity contribution in [3.05, 3.63) is 78.9 Å². The van der Waals surface area contributed by atoms with Crippen molar-refractivity contribution < 1.29 is 59.0 Å². The Hall–Kier alpha value is -5.45. The Morgan fingerprint density at radius 1 is 0.526 bits per heavy atom. The number of carboxylic acids is 5. The van der Waals surface area contributed by atoms with Crippen LogP contribution in [-0.4, -0.2) is 173 Å². The van der Waals surface area contributed by atoms with Crippen LogP contribution in [0.25, 0.3) is 0 Å². The summed E-state index contributed by atoms with van der Waals surface area (Å²) in [7, 11) is -1.40. The smallest absolute Gasteiger partial charge is 0.323 e. The number of nitrogens with zero attached hydrogens (tertiary/aromatic N) is 5. The summed E-state index contributed by atoms with van der Waals surface area (Å²) in [6.07, 6.45) is -0.176. The Balaban J connectivity index is 1.66. The Morgan fingerprint density at radius 2 is 0.930 bits per heavy atom. The molecule has 5 N–H and O–H groups in total. The third-order valence-electron chi connectivity index (χ3n) is 9.09. The van der Waals surface area contributed by atoms with Gasteiger partial charge in [-0.1, -0.05) is 66.7 Å². The molecule has 0 aliphatic carbocycles. The van der Waals surface area contributed by atoms with Gasteiger partial charge in [-0.15, -0.1) is 0 Å². The number of carbonyl (C=O) groups is 6. The second-order valence-corrected chi connectivity index (χ2v) is 15.5. The molecule has 0 amide bonds. The molecule has 306 valence electrons. The lowest BCUT2D eigenvalue weighted by Crippen LogP contribution is -2.48. The number of carboxylic acid groups (broad SMARTS) is 5. The van der Waals surface area contributed by atoms with Gasteiger partial charge in [0.05, 0.1) is 31.7 Å². The van der Waals surface area contributed by atoms with Gasteiger partial charge in [-0.3, -0.25) is 43.5 Å². The monoisotopic (exact) mass is 809 g/mol. The minimum atomic E-state index is -1.40. The van der Waals surface area contributed by atoms with Gasteiger partial charge in [0, 0.05) is 64.2 Å². The molecule has 1 heterocycles. The Morgan fingerprint density at radius 3 is 1.32 bits per heavy atom. The number of anilines is 1. The van der Waals surface area contributed by atoms with E-state index in [9.17, 15) is 54.3 Å². The van der Waals surface area contributed by atoms with Crippen molar-refractivity contribution in [1.29, 1.82) is 0 Å². The van der Waals surface area contributed by atoms with Crippen LogP contribution in [0.4, 0.5) is 5.69 Å². The van der Waals surface area contributed by atoms with E-state index in [1.165, 1.54) is 6.07 Å². The topological polar surface area (TPSA) is 229 Å². The number of hydrogen-bond acceptors (Lipinski definition) is 12. The highest BCUT2D eigenvalue weighted by Gasteiger charge is 2.28. The van der Waals surface area contributed by atoms with Gasteiger partial charge >= 0.3 is 35.8 Å². The number of carbonyl (C=O) groups excluding carboxylic acids is 1. The third-order valence-corrected chi connectivity index (χ3v) is 11.6. The van der Waals surface area contributed by atoms with Crippen molar-refractivity contribution in [3.8, 4) is 5.75 Å². The Kier molecular flexibility index (Phi) is 17.3. The summed E-state index contributed by atoms with van der Waals surface area (Å²) in [5, 5.41) is 50.4. The summed E-state index contributed by atoms with van der Waals surface area (Å²) in [4.78, 5) is 80.8. The summed E-state index contributed by atoms with van der Waals surface area (Å²) in [6.45, 7) is -0.0638. The molecule has 1 aliphatic rings. The highest BCUT2D eigenvalue weighted by Crippen LogP contribution is 2.40. The van der Waals surface area contributed by atoms with Gasteiger partial charge in [-0.25, -0.2) is 0 Å². The summed E-state index contributed by atoms with van der Waals surface area (Å²) in [6, 6.07) is 24.0.